The molecule has 0 fully saturated rings. The molecule has 2 heterocycles. The average molecular weight is 453 g/mol. The van der Waals surface area contributed by atoms with Crippen LogP contribution in [-0.4, -0.2) is 33.1 Å². The van der Waals surface area contributed by atoms with E-state index in [2.05, 4.69) is 10.4 Å². The van der Waals surface area contributed by atoms with Crippen molar-refractivity contribution in [3.63, 3.8) is 0 Å². The number of nitrogens with one attached hydrogen (secondary N) is 1. The van der Waals surface area contributed by atoms with E-state index in [9.17, 15) is 19.7 Å². The van der Waals surface area contributed by atoms with Crippen LogP contribution in [0.3, 0.4) is 0 Å². The van der Waals surface area contributed by atoms with Gasteiger partial charge in [-0.2, -0.15) is 5.10 Å². The monoisotopic (exact) mass is 453 g/mol. The number of fused-ring (bicyclic) bond motifs is 1. The van der Waals surface area contributed by atoms with Gasteiger partial charge in [-0.1, -0.05) is 24.3 Å². The molecule has 1 aliphatic heterocycles. The first-order valence-corrected chi connectivity index (χ1v) is 10.6. The lowest BCUT2D eigenvalue weighted by Crippen LogP contribution is -2.28. The second kappa shape index (κ2) is 8.62. The quantitative estimate of drug-likeness (QED) is 0.359. The van der Waals surface area contributed by atoms with Crippen LogP contribution < -0.4 is 10.2 Å². The molecule has 9 heteroatoms. The summed E-state index contributed by atoms with van der Waals surface area (Å²) in [7, 11) is 0. The molecule has 0 saturated heterocycles. The van der Waals surface area contributed by atoms with Crippen LogP contribution in [0.2, 0.25) is 0 Å². The highest BCUT2D eigenvalue weighted by atomic mass is 16.6. The van der Waals surface area contributed by atoms with Crippen molar-refractivity contribution >= 4 is 28.9 Å². The maximum absolute atomic E-state index is 13.0. The molecular weight excluding hydrogens is 434 g/mol. The van der Waals surface area contributed by atoms with Crippen molar-refractivity contribution < 1.29 is 14.5 Å². The number of aromatic nitrogens is 2. The number of benzene rings is 3. The lowest BCUT2D eigenvalue weighted by molar-refractivity contribution is -0.384. The van der Waals surface area contributed by atoms with Gasteiger partial charge in [0.25, 0.3) is 17.5 Å². The fraction of sp³-hybridized carbons (Fsp3) is 0.0800. The number of carbonyl (C=O) groups excluding carboxylic acids is 2. The van der Waals surface area contributed by atoms with Crippen LogP contribution >= 0.6 is 0 Å². The van der Waals surface area contributed by atoms with E-state index in [0.29, 0.717) is 23.5 Å². The molecular formula is C25H19N5O4. The van der Waals surface area contributed by atoms with E-state index in [4.69, 9.17) is 0 Å². The summed E-state index contributed by atoms with van der Waals surface area (Å²) in [6, 6.07) is 22.1. The molecule has 0 radical (unpaired) electrons. The molecule has 1 aliphatic rings. The van der Waals surface area contributed by atoms with Gasteiger partial charge >= 0.3 is 0 Å². The summed E-state index contributed by atoms with van der Waals surface area (Å²) < 4.78 is 1.40. The zero-order valence-electron chi connectivity index (χ0n) is 17.9. The number of nitro benzene ring substituents is 1. The van der Waals surface area contributed by atoms with Crippen LogP contribution in [-0.2, 0) is 6.42 Å². The number of non-ortho nitro benzene ring substituents is 1. The highest BCUT2D eigenvalue weighted by Gasteiger charge is 2.25. The fourth-order valence-corrected chi connectivity index (χ4v) is 3.93. The zero-order valence-corrected chi connectivity index (χ0v) is 17.9. The number of carbonyl (C=O) groups is 2. The smallest absolute Gasteiger partial charge is 0.276 e. The molecule has 0 unspecified atom stereocenters. The molecule has 9 nitrogen and oxygen atoms in total. The largest absolute Gasteiger partial charge is 0.321 e. The molecule has 1 N–H and O–H groups in total. The Morgan fingerprint density at radius 1 is 0.971 bits per heavy atom. The number of nitrogens with zero attached hydrogens (tertiary/aromatic N) is 4. The fourth-order valence-electron chi connectivity index (χ4n) is 3.93. The SMILES string of the molecule is O=C(Nc1ccc(C(=O)N2CCc3ccccc32)cc1)c1ccn(-c2cccc([N+](=O)[O-])c2)n1. The van der Waals surface area contributed by atoms with Crippen molar-refractivity contribution in [2.75, 3.05) is 16.8 Å². The standard InChI is InChI=1S/C25H19N5O4/c31-24(22-13-15-29(27-22)20-5-3-6-21(16-20)30(33)34)26-19-10-8-18(9-11-19)25(32)28-14-12-17-4-1-2-7-23(17)28/h1-11,13,15-16H,12,14H2,(H,26,31). The topological polar surface area (TPSA) is 110 Å². The molecule has 0 atom stereocenters. The Hall–Kier alpha value is -4.79. The second-order valence-electron chi connectivity index (χ2n) is 7.79. The minimum Gasteiger partial charge on any atom is -0.321 e. The summed E-state index contributed by atoms with van der Waals surface area (Å²) in [6.07, 6.45) is 2.39. The first kappa shape index (κ1) is 21.1. The predicted octanol–water partition coefficient (Wildman–Crippen LogP) is 4.24. The van der Waals surface area contributed by atoms with Gasteiger partial charge in [-0.3, -0.25) is 19.7 Å². The Bertz CT molecular complexity index is 1410. The maximum Gasteiger partial charge on any atom is 0.276 e. The van der Waals surface area contributed by atoms with Crippen molar-refractivity contribution in [2.45, 2.75) is 6.42 Å². The number of nitro groups is 1. The number of rotatable bonds is 5. The summed E-state index contributed by atoms with van der Waals surface area (Å²) in [6.45, 7) is 0.643. The van der Waals surface area contributed by atoms with Gasteiger partial charge in [0.15, 0.2) is 5.69 Å². The average Bonchev–Trinajstić information content (AvgIpc) is 3.52. The molecule has 0 bridgehead atoms. The van der Waals surface area contributed by atoms with Gasteiger partial charge in [-0.15, -0.1) is 0 Å². The minimum absolute atomic E-state index is 0.0638. The Morgan fingerprint density at radius 2 is 1.76 bits per heavy atom. The summed E-state index contributed by atoms with van der Waals surface area (Å²) >= 11 is 0. The highest BCUT2D eigenvalue weighted by Crippen LogP contribution is 2.29. The van der Waals surface area contributed by atoms with Crippen LogP contribution in [0.4, 0.5) is 17.1 Å². The minimum atomic E-state index is -0.489. The molecule has 1 aromatic heterocycles. The van der Waals surface area contributed by atoms with E-state index in [0.717, 1.165) is 17.7 Å². The molecule has 0 spiro atoms. The Morgan fingerprint density at radius 3 is 2.56 bits per heavy atom. The number of hydrogen-bond donors (Lipinski definition) is 1. The van der Waals surface area contributed by atoms with E-state index >= 15 is 0 Å². The normalized spacial score (nSPS) is 12.3. The van der Waals surface area contributed by atoms with Crippen molar-refractivity contribution in [3.8, 4) is 5.69 Å². The Kier molecular flexibility index (Phi) is 5.35. The molecule has 2 amide bonds. The third kappa shape index (κ3) is 4.02. The number of anilines is 2. The zero-order chi connectivity index (χ0) is 23.7. The highest BCUT2D eigenvalue weighted by molar-refractivity contribution is 6.08. The van der Waals surface area contributed by atoms with Crippen molar-refractivity contribution in [2.24, 2.45) is 0 Å². The molecule has 168 valence electrons. The van der Waals surface area contributed by atoms with Gasteiger partial charge in [-0.25, -0.2) is 4.68 Å². The van der Waals surface area contributed by atoms with Crippen LogP contribution in [0, 0.1) is 10.1 Å². The first-order chi connectivity index (χ1) is 16.5. The molecule has 34 heavy (non-hydrogen) atoms. The van der Waals surface area contributed by atoms with Gasteiger partial charge in [0, 0.05) is 41.8 Å². The molecule has 0 saturated carbocycles. The first-order valence-electron chi connectivity index (χ1n) is 10.6. The number of amides is 2. The van der Waals surface area contributed by atoms with Crippen LogP contribution in [0.5, 0.6) is 0 Å². The van der Waals surface area contributed by atoms with E-state index in [-0.39, 0.29) is 17.3 Å². The summed E-state index contributed by atoms with van der Waals surface area (Å²) in [4.78, 5) is 37.8. The van der Waals surface area contributed by atoms with Crippen molar-refractivity contribution in [1.82, 2.24) is 9.78 Å². The van der Waals surface area contributed by atoms with E-state index in [1.54, 1.807) is 47.5 Å². The van der Waals surface area contributed by atoms with E-state index < -0.39 is 10.8 Å². The summed E-state index contributed by atoms with van der Waals surface area (Å²) in [5.74, 6) is -0.518. The third-order valence-corrected chi connectivity index (χ3v) is 5.65. The van der Waals surface area contributed by atoms with Crippen LogP contribution in [0.15, 0.2) is 85.1 Å². The second-order valence-corrected chi connectivity index (χ2v) is 7.79. The van der Waals surface area contributed by atoms with Gasteiger partial charge in [0.1, 0.15) is 0 Å². The lowest BCUT2D eigenvalue weighted by Gasteiger charge is -2.17. The molecule has 5 rings (SSSR count). The van der Waals surface area contributed by atoms with Crippen LogP contribution in [0.1, 0.15) is 26.4 Å². The van der Waals surface area contributed by atoms with E-state index in [1.165, 1.54) is 22.9 Å². The van der Waals surface area contributed by atoms with E-state index in [1.807, 2.05) is 24.3 Å². The molecule has 4 aromatic rings. The molecule has 0 aliphatic carbocycles. The van der Waals surface area contributed by atoms with Gasteiger partial charge < -0.3 is 10.2 Å². The summed E-state index contributed by atoms with van der Waals surface area (Å²) in [5.41, 5.74) is 3.71. The van der Waals surface area contributed by atoms with Gasteiger partial charge in [-0.05, 0) is 54.4 Å². The summed E-state index contributed by atoms with van der Waals surface area (Å²) in [5, 5.41) is 18.0. The van der Waals surface area contributed by atoms with Crippen LogP contribution in [0.25, 0.3) is 5.69 Å². The Labute approximate surface area is 194 Å². The predicted molar refractivity (Wildman–Crippen MR) is 126 cm³/mol. The molecule has 3 aromatic carbocycles. The van der Waals surface area contributed by atoms with Gasteiger partial charge in [0.2, 0.25) is 0 Å². The van der Waals surface area contributed by atoms with Crippen molar-refractivity contribution in [3.05, 3.63) is 112 Å². The van der Waals surface area contributed by atoms with Gasteiger partial charge in [0.05, 0.1) is 10.6 Å². The number of para-hydroxylation sites is 1. The number of hydrogen-bond acceptors (Lipinski definition) is 5. The lowest BCUT2D eigenvalue weighted by atomic mass is 10.1. The third-order valence-electron chi connectivity index (χ3n) is 5.65. The Balaban J connectivity index is 1.27. The van der Waals surface area contributed by atoms with Crippen molar-refractivity contribution in [1.29, 1.82) is 0 Å². The maximum atomic E-state index is 13.0.